The van der Waals surface area contributed by atoms with E-state index >= 15 is 0 Å². The molecule has 0 radical (unpaired) electrons. The fourth-order valence-electron chi connectivity index (χ4n) is 5.96. The standard InChI is InChI=1S/C22H19Cl2O3P.C17H18O2/c1-15(2)16-3-5-17(6-4-16)22(25)27-28(26,20-11-7-18(23)8-12-20)21-13-9-19(24)10-14-21;1-18-11-17(12-19-2)15-9-5-3-7-13(15)14-8-4-6-10-16(14)17/h3-15H,1-2H3;3-10H,11-12H2,1-2H3. The van der Waals surface area contributed by atoms with Crippen molar-refractivity contribution in [1.29, 1.82) is 0 Å². The van der Waals surface area contributed by atoms with Crippen LogP contribution in [-0.4, -0.2) is 33.4 Å². The molecule has 5 nitrogen and oxygen atoms in total. The van der Waals surface area contributed by atoms with E-state index in [0.717, 1.165) is 5.56 Å². The van der Waals surface area contributed by atoms with Gasteiger partial charge < -0.3 is 14.0 Å². The minimum Gasteiger partial charge on any atom is -0.401 e. The van der Waals surface area contributed by atoms with Gasteiger partial charge in [-0.1, -0.05) is 97.7 Å². The van der Waals surface area contributed by atoms with Gasteiger partial charge in [-0.05, 0) is 94.4 Å². The lowest BCUT2D eigenvalue weighted by molar-refractivity contribution is 0.0747. The smallest absolute Gasteiger partial charge is 0.343 e. The Kier molecular flexibility index (Phi) is 11.1. The Labute approximate surface area is 286 Å². The van der Waals surface area contributed by atoms with Gasteiger partial charge in [0.1, 0.15) is 0 Å². The molecular weight excluding hydrogens is 650 g/mol. The number of benzene rings is 5. The maximum Gasteiger partial charge on any atom is 0.343 e. The largest absolute Gasteiger partial charge is 0.401 e. The van der Waals surface area contributed by atoms with Gasteiger partial charge in [0.2, 0.25) is 0 Å². The average Bonchev–Trinajstić information content (AvgIpc) is 3.35. The second kappa shape index (κ2) is 15.0. The lowest BCUT2D eigenvalue weighted by Crippen LogP contribution is -2.35. The van der Waals surface area contributed by atoms with Crippen LogP contribution in [0, 0.1) is 0 Å². The van der Waals surface area contributed by atoms with E-state index in [-0.39, 0.29) is 5.41 Å². The average molecular weight is 688 g/mol. The predicted molar refractivity (Wildman–Crippen MR) is 192 cm³/mol. The molecule has 6 rings (SSSR count). The van der Waals surface area contributed by atoms with Crippen LogP contribution in [0.2, 0.25) is 10.0 Å². The van der Waals surface area contributed by atoms with Gasteiger partial charge in [0.05, 0.1) is 34.8 Å². The van der Waals surface area contributed by atoms with Crippen molar-refractivity contribution in [3.63, 3.8) is 0 Å². The molecule has 0 heterocycles. The zero-order chi connectivity index (χ0) is 33.6. The molecule has 0 unspecified atom stereocenters. The Balaban J connectivity index is 0.000000198. The lowest BCUT2D eigenvalue weighted by atomic mass is 9.79. The summed E-state index contributed by atoms with van der Waals surface area (Å²) >= 11 is 11.9. The van der Waals surface area contributed by atoms with Crippen LogP contribution < -0.4 is 10.6 Å². The van der Waals surface area contributed by atoms with Crippen molar-refractivity contribution in [3.05, 3.63) is 154 Å². The zero-order valence-electron chi connectivity index (χ0n) is 26.8. The van der Waals surface area contributed by atoms with Gasteiger partial charge in [0.15, 0.2) is 0 Å². The number of fused-ring (bicyclic) bond motifs is 3. The molecule has 0 saturated carbocycles. The van der Waals surface area contributed by atoms with Crippen molar-refractivity contribution in [2.45, 2.75) is 25.2 Å². The van der Waals surface area contributed by atoms with Crippen molar-refractivity contribution in [1.82, 2.24) is 0 Å². The fourth-order valence-corrected chi connectivity index (χ4v) is 8.15. The Bertz CT molecular complexity index is 1770. The van der Waals surface area contributed by atoms with Crippen LogP contribution in [0.3, 0.4) is 0 Å². The highest BCUT2D eigenvalue weighted by atomic mass is 35.5. The Hall–Kier alpha value is -3.70. The van der Waals surface area contributed by atoms with Crippen molar-refractivity contribution in [3.8, 4) is 11.1 Å². The molecule has 0 atom stereocenters. The van der Waals surface area contributed by atoms with Crippen molar-refractivity contribution < 1.29 is 23.4 Å². The van der Waals surface area contributed by atoms with E-state index in [1.54, 1.807) is 74.9 Å². The van der Waals surface area contributed by atoms with Crippen LogP contribution in [0.4, 0.5) is 0 Å². The number of halogens is 2. The summed E-state index contributed by atoms with van der Waals surface area (Å²) in [6.07, 6.45) is 0. The summed E-state index contributed by atoms with van der Waals surface area (Å²) in [6.45, 7) is 5.41. The Morgan fingerprint density at radius 1 is 0.660 bits per heavy atom. The van der Waals surface area contributed by atoms with Crippen LogP contribution in [-0.2, 0) is 24.0 Å². The minimum atomic E-state index is -3.68. The molecule has 5 aromatic carbocycles. The van der Waals surface area contributed by atoms with E-state index in [2.05, 4.69) is 62.4 Å². The highest BCUT2D eigenvalue weighted by Gasteiger charge is 2.43. The molecule has 1 aliphatic rings. The van der Waals surface area contributed by atoms with E-state index in [1.165, 1.54) is 22.3 Å². The molecule has 0 aromatic heterocycles. The van der Waals surface area contributed by atoms with E-state index in [4.69, 9.17) is 37.2 Å². The van der Waals surface area contributed by atoms with E-state index in [0.29, 0.717) is 45.3 Å². The molecule has 0 bridgehead atoms. The molecule has 8 heteroatoms. The third-order valence-corrected chi connectivity index (χ3v) is 11.2. The van der Waals surface area contributed by atoms with Crippen molar-refractivity contribution >= 4 is 47.1 Å². The molecule has 0 saturated heterocycles. The summed E-state index contributed by atoms with van der Waals surface area (Å²) < 4.78 is 30.5. The molecule has 242 valence electrons. The number of rotatable bonds is 9. The summed E-state index contributed by atoms with van der Waals surface area (Å²) in [6, 6.07) is 37.1. The number of methoxy groups -OCH3 is 2. The normalized spacial score (nSPS) is 12.9. The van der Waals surface area contributed by atoms with Gasteiger partial charge in [0.25, 0.3) is 0 Å². The summed E-state index contributed by atoms with van der Waals surface area (Å²) in [4.78, 5) is 12.8. The fraction of sp³-hybridized carbons (Fsp3) is 0.205. The summed E-state index contributed by atoms with van der Waals surface area (Å²) in [5.41, 5.74) is 6.47. The summed E-state index contributed by atoms with van der Waals surface area (Å²) in [7, 11) is -0.181. The van der Waals surface area contributed by atoms with E-state index in [9.17, 15) is 9.36 Å². The van der Waals surface area contributed by atoms with Crippen molar-refractivity contribution in [2.75, 3.05) is 27.4 Å². The molecule has 0 amide bonds. The first kappa shape index (κ1) is 34.6. The highest BCUT2D eigenvalue weighted by Crippen LogP contribution is 2.49. The molecular formula is C39H37Cl2O5P. The van der Waals surface area contributed by atoms with Crippen LogP contribution in [0.15, 0.2) is 121 Å². The molecule has 47 heavy (non-hydrogen) atoms. The predicted octanol–water partition coefficient (Wildman–Crippen LogP) is 9.45. The Morgan fingerprint density at radius 2 is 1.09 bits per heavy atom. The summed E-state index contributed by atoms with van der Waals surface area (Å²) in [5, 5.41) is 1.77. The maximum atomic E-state index is 13.9. The topological polar surface area (TPSA) is 61.8 Å². The maximum absolute atomic E-state index is 13.9. The second-order valence-corrected chi connectivity index (χ2v) is 14.9. The molecule has 0 fully saturated rings. The number of carbonyl (C=O) groups excluding carboxylic acids is 1. The molecule has 1 aliphatic carbocycles. The van der Waals surface area contributed by atoms with Gasteiger partial charge in [-0.15, -0.1) is 0 Å². The number of hydrogen-bond acceptors (Lipinski definition) is 5. The van der Waals surface area contributed by atoms with Gasteiger partial charge in [-0.2, -0.15) is 0 Å². The van der Waals surface area contributed by atoms with E-state index in [1.807, 2.05) is 12.1 Å². The van der Waals surface area contributed by atoms with Gasteiger partial charge in [-0.25, -0.2) is 4.79 Å². The molecule has 0 N–H and O–H groups in total. The number of hydrogen-bond donors (Lipinski definition) is 0. The molecule has 0 aliphatic heterocycles. The van der Waals surface area contributed by atoms with Crippen molar-refractivity contribution in [2.24, 2.45) is 0 Å². The lowest BCUT2D eigenvalue weighted by Gasteiger charge is -2.30. The number of ether oxygens (including phenoxy) is 2. The van der Waals surface area contributed by atoms with E-state index < -0.39 is 13.3 Å². The second-order valence-electron chi connectivity index (χ2n) is 11.7. The first-order chi connectivity index (χ1) is 22.6. The summed E-state index contributed by atoms with van der Waals surface area (Å²) in [5.74, 6) is -0.303. The van der Waals surface area contributed by atoms with Gasteiger partial charge >= 0.3 is 13.3 Å². The van der Waals surface area contributed by atoms with Gasteiger partial charge in [0, 0.05) is 24.3 Å². The highest BCUT2D eigenvalue weighted by molar-refractivity contribution is 7.74. The third kappa shape index (κ3) is 7.26. The first-order valence-corrected chi connectivity index (χ1v) is 17.6. The molecule has 0 spiro atoms. The Morgan fingerprint density at radius 3 is 1.49 bits per heavy atom. The zero-order valence-corrected chi connectivity index (χ0v) is 29.2. The van der Waals surface area contributed by atoms with Crippen LogP contribution in [0.5, 0.6) is 0 Å². The minimum absolute atomic E-state index is 0.184. The quantitative estimate of drug-likeness (QED) is 0.145. The third-order valence-electron chi connectivity index (χ3n) is 8.31. The monoisotopic (exact) mass is 686 g/mol. The number of carbonyl (C=O) groups is 1. The van der Waals surface area contributed by atoms with Crippen LogP contribution in [0.25, 0.3) is 11.1 Å². The van der Waals surface area contributed by atoms with Crippen LogP contribution >= 0.6 is 30.6 Å². The first-order valence-electron chi connectivity index (χ1n) is 15.3. The van der Waals surface area contributed by atoms with Gasteiger partial charge in [-0.3, -0.25) is 4.57 Å². The molecule has 5 aromatic rings. The van der Waals surface area contributed by atoms with Crippen LogP contribution in [0.1, 0.15) is 46.8 Å². The SMILES string of the molecule is CC(C)c1ccc(C(=O)OP(=O)(c2ccc(Cl)cc2)c2ccc(Cl)cc2)cc1.COCC1(COC)c2ccccc2-c2ccccc21.